The van der Waals surface area contributed by atoms with Crippen molar-refractivity contribution in [3.63, 3.8) is 0 Å². The van der Waals surface area contributed by atoms with Gasteiger partial charge in [0, 0.05) is 5.69 Å². The summed E-state index contributed by atoms with van der Waals surface area (Å²) in [5.41, 5.74) is 0.875. The summed E-state index contributed by atoms with van der Waals surface area (Å²) < 4.78 is 17.9. The van der Waals surface area contributed by atoms with Gasteiger partial charge in [0.25, 0.3) is 0 Å². The Kier molecular flexibility index (Phi) is 2.72. The van der Waals surface area contributed by atoms with Crippen molar-refractivity contribution in [2.75, 3.05) is 5.32 Å². The van der Waals surface area contributed by atoms with E-state index in [4.69, 9.17) is 4.42 Å². The maximum Gasteiger partial charge on any atom is 0.125 e. The molecule has 0 saturated carbocycles. The zero-order chi connectivity index (χ0) is 10.7. The number of benzene rings is 1. The largest absolute Gasteiger partial charge is 0.467 e. The number of halogens is 1. The van der Waals surface area contributed by atoms with E-state index >= 15 is 0 Å². The van der Waals surface area contributed by atoms with Crippen molar-refractivity contribution in [1.29, 1.82) is 0 Å². The molecule has 1 atom stereocenters. The van der Waals surface area contributed by atoms with Gasteiger partial charge in [-0.25, -0.2) is 4.39 Å². The van der Waals surface area contributed by atoms with E-state index in [2.05, 4.69) is 5.32 Å². The fraction of sp³-hybridized carbons (Fsp3) is 0.167. The second-order valence-electron chi connectivity index (χ2n) is 3.39. The second kappa shape index (κ2) is 4.17. The molecule has 1 heterocycles. The van der Waals surface area contributed by atoms with Crippen LogP contribution in [0.2, 0.25) is 0 Å². The summed E-state index contributed by atoms with van der Waals surface area (Å²) in [4.78, 5) is 0. The van der Waals surface area contributed by atoms with E-state index in [1.807, 2.05) is 19.1 Å². The summed E-state index contributed by atoms with van der Waals surface area (Å²) in [6.45, 7) is 1.99. The Morgan fingerprint density at radius 2 is 1.93 bits per heavy atom. The molecule has 0 saturated heterocycles. The molecule has 0 amide bonds. The van der Waals surface area contributed by atoms with Crippen LogP contribution in [0.25, 0.3) is 0 Å². The van der Waals surface area contributed by atoms with Crippen LogP contribution < -0.4 is 5.32 Å². The van der Waals surface area contributed by atoms with Crippen LogP contribution in [0.1, 0.15) is 18.7 Å². The molecule has 0 bridgehead atoms. The Morgan fingerprint density at radius 3 is 2.53 bits per heavy atom. The van der Waals surface area contributed by atoms with Gasteiger partial charge in [-0.1, -0.05) is 0 Å². The fourth-order valence-electron chi connectivity index (χ4n) is 1.40. The van der Waals surface area contributed by atoms with E-state index in [1.54, 1.807) is 18.4 Å². The smallest absolute Gasteiger partial charge is 0.125 e. The molecule has 0 fully saturated rings. The fourth-order valence-corrected chi connectivity index (χ4v) is 1.40. The number of hydrogen-bond acceptors (Lipinski definition) is 2. The molecule has 1 N–H and O–H groups in total. The molecule has 2 rings (SSSR count). The molecule has 15 heavy (non-hydrogen) atoms. The van der Waals surface area contributed by atoms with Crippen LogP contribution in [-0.4, -0.2) is 0 Å². The summed E-state index contributed by atoms with van der Waals surface area (Å²) in [7, 11) is 0. The predicted octanol–water partition coefficient (Wildman–Crippen LogP) is 3.59. The van der Waals surface area contributed by atoms with Crippen LogP contribution in [0.15, 0.2) is 47.1 Å². The van der Waals surface area contributed by atoms with E-state index in [-0.39, 0.29) is 11.9 Å². The Morgan fingerprint density at radius 1 is 1.20 bits per heavy atom. The van der Waals surface area contributed by atoms with Gasteiger partial charge in [0.2, 0.25) is 0 Å². The highest BCUT2D eigenvalue weighted by Gasteiger charge is 2.07. The zero-order valence-corrected chi connectivity index (χ0v) is 8.41. The van der Waals surface area contributed by atoms with Crippen molar-refractivity contribution >= 4 is 5.69 Å². The zero-order valence-electron chi connectivity index (χ0n) is 8.41. The van der Waals surface area contributed by atoms with Gasteiger partial charge in [-0.3, -0.25) is 0 Å². The molecule has 3 heteroatoms. The third-order valence-electron chi connectivity index (χ3n) is 2.20. The normalized spacial score (nSPS) is 12.4. The molecule has 0 unspecified atom stereocenters. The monoisotopic (exact) mass is 205 g/mol. The van der Waals surface area contributed by atoms with E-state index < -0.39 is 0 Å². The molecular formula is C12H12FNO. The maximum atomic E-state index is 12.7. The Labute approximate surface area is 87.7 Å². The minimum atomic E-state index is -0.230. The van der Waals surface area contributed by atoms with Crippen LogP contribution in [-0.2, 0) is 0 Å². The third-order valence-corrected chi connectivity index (χ3v) is 2.20. The summed E-state index contributed by atoms with van der Waals surface area (Å²) in [6.07, 6.45) is 1.64. The van der Waals surface area contributed by atoms with Crippen molar-refractivity contribution in [3.8, 4) is 0 Å². The van der Waals surface area contributed by atoms with Crippen molar-refractivity contribution in [3.05, 3.63) is 54.2 Å². The lowest BCUT2D eigenvalue weighted by Gasteiger charge is -2.12. The Balaban J connectivity index is 2.06. The minimum Gasteiger partial charge on any atom is -0.467 e. The third kappa shape index (κ3) is 2.37. The molecule has 1 aromatic heterocycles. The van der Waals surface area contributed by atoms with Gasteiger partial charge in [-0.2, -0.15) is 0 Å². The Bertz CT molecular complexity index is 408. The molecule has 0 spiro atoms. The number of anilines is 1. The summed E-state index contributed by atoms with van der Waals surface area (Å²) >= 11 is 0. The molecule has 78 valence electrons. The highest BCUT2D eigenvalue weighted by Crippen LogP contribution is 2.19. The van der Waals surface area contributed by atoms with Crippen molar-refractivity contribution in [1.82, 2.24) is 0 Å². The Hall–Kier alpha value is -1.77. The van der Waals surface area contributed by atoms with E-state index in [0.29, 0.717) is 0 Å². The van der Waals surface area contributed by atoms with Crippen molar-refractivity contribution < 1.29 is 8.81 Å². The van der Waals surface area contributed by atoms with Crippen molar-refractivity contribution in [2.24, 2.45) is 0 Å². The molecule has 0 aliphatic heterocycles. The first kappa shape index (κ1) is 9.77. The molecule has 0 aliphatic rings. The summed E-state index contributed by atoms with van der Waals surface area (Å²) in [5.74, 6) is 0.630. The highest BCUT2D eigenvalue weighted by atomic mass is 19.1. The number of rotatable bonds is 3. The molecule has 1 aromatic carbocycles. The van der Waals surface area contributed by atoms with Crippen LogP contribution >= 0.6 is 0 Å². The lowest BCUT2D eigenvalue weighted by atomic mass is 10.2. The first-order valence-corrected chi connectivity index (χ1v) is 4.81. The molecule has 0 radical (unpaired) electrons. The van der Waals surface area contributed by atoms with Gasteiger partial charge in [0.05, 0.1) is 12.3 Å². The molecule has 2 aromatic rings. The number of nitrogens with one attached hydrogen (secondary N) is 1. The average Bonchev–Trinajstić information content (AvgIpc) is 2.74. The molecule has 2 nitrogen and oxygen atoms in total. The van der Waals surface area contributed by atoms with E-state index in [9.17, 15) is 4.39 Å². The maximum absolute atomic E-state index is 12.7. The molecule has 0 aliphatic carbocycles. The van der Waals surface area contributed by atoms with Gasteiger partial charge in [-0.05, 0) is 43.3 Å². The van der Waals surface area contributed by atoms with Gasteiger partial charge >= 0.3 is 0 Å². The first-order chi connectivity index (χ1) is 7.25. The highest BCUT2D eigenvalue weighted by molar-refractivity contribution is 5.44. The van der Waals surface area contributed by atoms with Gasteiger partial charge in [0.1, 0.15) is 11.6 Å². The van der Waals surface area contributed by atoms with Crippen molar-refractivity contribution in [2.45, 2.75) is 13.0 Å². The lowest BCUT2D eigenvalue weighted by molar-refractivity contribution is 0.490. The van der Waals surface area contributed by atoms with E-state index in [1.165, 1.54) is 12.1 Å². The SMILES string of the molecule is C[C@@H](Nc1ccc(F)cc1)c1ccco1. The van der Waals surface area contributed by atoms with Crippen LogP contribution in [0.3, 0.4) is 0 Å². The summed E-state index contributed by atoms with van der Waals surface area (Å²) in [6, 6.07) is 10.1. The quantitative estimate of drug-likeness (QED) is 0.828. The average molecular weight is 205 g/mol. The van der Waals surface area contributed by atoms with Crippen LogP contribution in [0.5, 0.6) is 0 Å². The summed E-state index contributed by atoms with van der Waals surface area (Å²) in [5, 5.41) is 3.21. The minimum absolute atomic E-state index is 0.0745. The molecular weight excluding hydrogens is 193 g/mol. The second-order valence-corrected chi connectivity index (χ2v) is 3.39. The van der Waals surface area contributed by atoms with E-state index in [0.717, 1.165) is 11.4 Å². The van der Waals surface area contributed by atoms with Crippen LogP contribution in [0.4, 0.5) is 10.1 Å². The van der Waals surface area contributed by atoms with Gasteiger partial charge < -0.3 is 9.73 Å². The standard InChI is InChI=1S/C12H12FNO/c1-9(12-3-2-8-15-12)14-11-6-4-10(13)5-7-11/h2-9,14H,1H3/t9-/m1/s1. The van der Waals surface area contributed by atoms with Gasteiger partial charge in [-0.15, -0.1) is 0 Å². The lowest BCUT2D eigenvalue weighted by Crippen LogP contribution is -2.05. The predicted molar refractivity (Wildman–Crippen MR) is 57.1 cm³/mol. The number of furan rings is 1. The topological polar surface area (TPSA) is 25.2 Å². The van der Waals surface area contributed by atoms with Gasteiger partial charge in [0.15, 0.2) is 0 Å². The number of hydrogen-bond donors (Lipinski definition) is 1. The van der Waals surface area contributed by atoms with Crippen LogP contribution in [0, 0.1) is 5.82 Å². The first-order valence-electron chi connectivity index (χ1n) is 4.81.